The minimum atomic E-state index is -0.348. The van der Waals surface area contributed by atoms with Gasteiger partial charge in [0.15, 0.2) is 0 Å². The van der Waals surface area contributed by atoms with E-state index in [-0.39, 0.29) is 16.8 Å². The molecule has 0 amide bonds. The van der Waals surface area contributed by atoms with Crippen LogP contribution in [0.15, 0.2) is 29.1 Å². The molecule has 4 heteroatoms. The molecule has 1 N–H and O–H groups in total. The maximum absolute atomic E-state index is 12.7. The summed E-state index contributed by atoms with van der Waals surface area (Å²) in [6, 6.07) is 5.57. The second-order valence-electron chi connectivity index (χ2n) is 2.79. The van der Waals surface area contributed by atoms with Gasteiger partial charge in [-0.15, -0.1) is 0 Å². The Kier molecular flexibility index (Phi) is 1.69. The summed E-state index contributed by atoms with van der Waals surface area (Å²) in [5.74, 6) is -0.348. The van der Waals surface area contributed by atoms with Crippen molar-refractivity contribution >= 4 is 24.2 Å². The minimum Gasteiger partial charge on any atom is -0.322 e. The molecule has 2 radical (unpaired) electrons. The van der Waals surface area contributed by atoms with E-state index in [1.54, 1.807) is 0 Å². The molecule has 0 fully saturated rings. The molecule has 1 heterocycles. The highest BCUT2D eigenvalue weighted by Gasteiger charge is 1.98. The predicted octanol–water partition coefficient (Wildman–Crippen LogP) is 0.461. The fraction of sp³-hybridized carbons (Fsp3) is 0. The first kappa shape index (κ1) is 8.04. The molecule has 1 aromatic carbocycles. The van der Waals surface area contributed by atoms with Crippen LogP contribution < -0.4 is 11.0 Å². The van der Waals surface area contributed by atoms with Crippen molar-refractivity contribution in [3.63, 3.8) is 0 Å². The van der Waals surface area contributed by atoms with E-state index < -0.39 is 0 Å². The standard InChI is InChI=1S/C9H5BFNO/c10-7-4-5-3-6(11)1-2-8(5)12-9(7)13/h1-4H,(H,12,13). The Morgan fingerprint density at radius 3 is 2.85 bits per heavy atom. The molecule has 2 rings (SSSR count). The van der Waals surface area contributed by atoms with Gasteiger partial charge in [-0.2, -0.15) is 0 Å². The van der Waals surface area contributed by atoms with Crippen LogP contribution in [-0.4, -0.2) is 12.8 Å². The molecule has 0 aliphatic carbocycles. The second-order valence-corrected chi connectivity index (χ2v) is 2.79. The van der Waals surface area contributed by atoms with Gasteiger partial charge in [-0.3, -0.25) is 4.79 Å². The minimum absolute atomic E-state index is 0.0955. The topological polar surface area (TPSA) is 32.9 Å². The zero-order valence-corrected chi connectivity index (χ0v) is 6.67. The van der Waals surface area contributed by atoms with Crippen LogP contribution in [0.5, 0.6) is 0 Å². The number of pyridine rings is 1. The second kappa shape index (κ2) is 2.73. The molecule has 0 aliphatic rings. The quantitative estimate of drug-likeness (QED) is 0.576. The number of benzene rings is 1. The number of fused-ring (bicyclic) bond motifs is 1. The van der Waals surface area contributed by atoms with Crippen LogP contribution in [0.2, 0.25) is 0 Å². The molecule has 0 aliphatic heterocycles. The molecule has 0 atom stereocenters. The number of halogens is 1. The summed E-state index contributed by atoms with van der Waals surface area (Å²) >= 11 is 0. The molecule has 0 saturated heterocycles. The Bertz CT molecular complexity index is 520. The highest BCUT2D eigenvalue weighted by atomic mass is 19.1. The lowest BCUT2D eigenvalue weighted by Gasteiger charge is -1.98. The van der Waals surface area contributed by atoms with Crippen molar-refractivity contribution in [3.05, 3.63) is 40.4 Å². The molecule has 2 aromatic rings. The molecule has 0 saturated carbocycles. The summed E-state index contributed by atoms with van der Waals surface area (Å²) in [5.41, 5.74) is 0.331. The Hall–Kier alpha value is -1.58. The third-order valence-corrected chi connectivity index (χ3v) is 1.84. The molecule has 13 heavy (non-hydrogen) atoms. The average molecular weight is 173 g/mol. The van der Waals surface area contributed by atoms with Crippen molar-refractivity contribution in [1.29, 1.82) is 0 Å². The van der Waals surface area contributed by atoms with E-state index in [2.05, 4.69) is 4.98 Å². The monoisotopic (exact) mass is 173 g/mol. The van der Waals surface area contributed by atoms with Gasteiger partial charge in [-0.05, 0) is 23.7 Å². The summed E-state index contributed by atoms with van der Waals surface area (Å²) in [5, 5.41) is 0.595. The van der Waals surface area contributed by atoms with Gasteiger partial charge in [-0.25, -0.2) is 4.39 Å². The fourth-order valence-corrected chi connectivity index (χ4v) is 1.19. The molecule has 1 aromatic heterocycles. The first-order valence-corrected chi connectivity index (χ1v) is 3.75. The van der Waals surface area contributed by atoms with Crippen LogP contribution in [0, 0.1) is 5.82 Å². The molecule has 0 bridgehead atoms. The number of hydrogen-bond donors (Lipinski definition) is 1. The van der Waals surface area contributed by atoms with Gasteiger partial charge in [0.1, 0.15) is 13.7 Å². The van der Waals surface area contributed by atoms with Crippen molar-refractivity contribution in [2.45, 2.75) is 0 Å². The molecule has 2 nitrogen and oxygen atoms in total. The predicted molar refractivity (Wildman–Crippen MR) is 49.9 cm³/mol. The summed E-state index contributed by atoms with van der Waals surface area (Å²) in [6.07, 6.45) is 0. The first-order valence-electron chi connectivity index (χ1n) is 3.75. The normalized spacial score (nSPS) is 10.5. The molecular weight excluding hydrogens is 168 g/mol. The van der Waals surface area contributed by atoms with Crippen molar-refractivity contribution in [1.82, 2.24) is 4.98 Å². The third kappa shape index (κ3) is 1.35. The van der Waals surface area contributed by atoms with Crippen LogP contribution in [0.4, 0.5) is 4.39 Å². The summed E-state index contributed by atoms with van der Waals surface area (Å²) < 4.78 is 12.7. The van der Waals surface area contributed by atoms with Crippen LogP contribution in [-0.2, 0) is 0 Å². The smallest absolute Gasteiger partial charge is 0.241 e. The molecule has 0 spiro atoms. The van der Waals surface area contributed by atoms with Gasteiger partial charge in [-0.1, -0.05) is 6.07 Å². The van der Waals surface area contributed by atoms with E-state index >= 15 is 0 Å². The maximum Gasteiger partial charge on any atom is 0.241 e. The number of H-pyrrole nitrogens is 1. The van der Waals surface area contributed by atoms with E-state index in [1.807, 2.05) is 0 Å². The van der Waals surface area contributed by atoms with E-state index in [0.29, 0.717) is 10.9 Å². The third-order valence-electron chi connectivity index (χ3n) is 1.84. The van der Waals surface area contributed by atoms with Crippen LogP contribution in [0.1, 0.15) is 0 Å². The van der Waals surface area contributed by atoms with Crippen LogP contribution >= 0.6 is 0 Å². The lowest BCUT2D eigenvalue weighted by atomic mass is 9.96. The largest absolute Gasteiger partial charge is 0.322 e. The fourth-order valence-electron chi connectivity index (χ4n) is 1.19. The number of rotatable bonds is 0. The summed E-state index contributed by atoms with van der Waals surface area (Å²) in [7, 11) is 5.37. The average Bonchev–Trinajstić information content (AvgIpc) is 2.08. The van der Waals surface area contributed by atoms with Gasteiger partial charge in [0.25, 0.3) is 0 Å². The molecular formula is C9H5BFNO. The SMILES string of the molecule is [B]c1cc2cc(F)ccc2[nH]c1=O. The van der Waals surface area contributed by atoms with E-state index in [9.17, 15) is 9.18 Å². The van der Waals surface area contributed by atoms with Crippen molar-refractivity contribution < 1.29 is 4.39 Å². The Balaban J connectivity index is 2.89. The zero-order valence-electron chi connectivity index (χ0n) is 6.67. The van der Waals surface area contributed by atoms with Gasteiger partial charge in [0, 0.05) is 10.9 Å². The van der Waals surface area contributed by atoms with Gasteiger partial charge < -0.3 is 4.98 Å². The van der Waals surface area contributed by atoms with E-state index in [0.717, 1.165) is 0 Å². The van der Waals surface area contributed by atoms with Crippen LogP contribution in [0.3, 0.4) is 0 Å². The Morgan fingerprint density at radius 1 is 1.31 bits per heavy atom. The molecule has 0 unspecified atom stereocenters. The number of hydrogen-bond acceptors (Lipinski definition) is 1. The maximum atomic E-state index is 12.7. The summed E-state index contributed by atoms with van der Waals surface area (Å²) in [4.78, 5) is 13.6. The lowest BCUT2D eigenvalue weighted by Crippen LogP contribution is -2.26. The Morgan fingerprint density at radius 2 is 2.08 bits per heavy atom. The van der Waals surface area contributed by atoms with E-state index in [4.69, 9.17) is 7.85 Å². The highest BCUT2D eigenvalue weighted by molar-refractivity contribution is 6.32. The van der Waals surface area contributed by atoms with Gasteiger partial charge >= 0.3 is 0 Å². The highest BCUT2D eigenvalue weighted by Crippen LogP contribution is 2.09. The number of aromatic nitrogens is 1. The summed E-state index contributed by atoms with van der Waals surface area (Å²) in [6.45, 7) is 0. The number of aromatic amines is 1. The number of nitrogens with one attached hydrogen (secondary N) is 1. The van der Waals surface area contributed by atoms with Crippen LogP contribution in [0.25, 0.3) is 10.9 Å². The van der Waals surface area contributed by atoms with Crippen molar-refractivity contribution in [2.24, 2.45) is 0 Å². The van der Waals surface area contributed by atoms with Crippen molar-refractivity contribution in [2.75, 3.05) is 0 Å². The first-order chi connectivity index (χ1) is 6.16. The van der Waals surface area contributed by atoms with Gasteiger partial charge in [0.05, 0.1) is 0 Å². The van der Waals surface area contributed by atoms with Gasteiger partial charge in [0.2, 0.25) is 5.56 Å². The lowest BCUT2D eigenvalue weighted by molar-refractivity contribution is 0.629. The molecule has 62 valence electrons. The Labute approximate surface area is 74.8 Å². The zero-order chi connectivity index (χ0) is 9.42. The van der Waals surface area contributed by atoms with Crippen molar-refractivity contribution in [3.8, 4) is 0 Å². The van der Waals surface area contributed by atoms with E-state index in [1.165, 1.54) is 24.3 Å².